The van der Waals surface area contributed by atoms with Gasteiger partial charge in [0.2, 0.25) is 0 Å². The van der Waals surface area contributed by atoms with Crippen molar-refractivity contribution in [2.45, 2.75) is 50.5 Å². The third kappa shape index (κ3) is 7.81. The van der Waals surface area contributed by atoms with Crippen molar-refractivity contribution < 1.29 is 23.1 Å². The summed E-state index contributed by atoms with van der Waals surface area (Å²) in [5.74, 6) is -1.64. The molecule has 2 aliphatic heterocycles. The molecule has 0 amide bonds. The van der Waals surface area contributed by atoms with E-state index in [0.29, 0.717) is 18.1 Å². The number of carboxylic acid groups (broad SMARTS) is 1. The topological polar surface area (TPSA) is 59.9 Å². The Morgan fingerprint density at radius 1 is 1.11 bits per heavy atom. The van der Waals surface area contributed by atoms with Crippen molar-refractivity contribution in [2.75, 3.05) is 38.1 Å². The molecule has 1 aromatic heterocycles. The summed E-state index contributed by atoms with van der Waals surface area (Å²) in [6.07, 6.45) is 0.328. The molecule has 35 heavy (non-hydrogen) atoms. The Balaban J connectivity index is 0.000000429. The number of aliphatic carboxylic acids is 1. The van der Waals surface area contributed by atoms with Crippen LogP contribution in [-0.4, -0.2) is 83.4 Å². The number of hydrogen-bond acceptors (Lipinski definition) is 5. The van der Waals surface area contributed by atoms with Crippen LogP contribution in [-0.2, 0) is 11.2 Å². The van der Waals surface area contributed by atoms with Crippen molar-refractivity contribution in [1.29, 1.82) is 0 Å². The van der Waals surface area contributed by atoms with E-state index in [4.69, 9.17) is 21.5 Å². The number of piperazine rings is 1. The van der Waals surface area contributed by atoms with Crippen molar-refractivity contribution >= 4 is 23.4 Å². The second kappa shape index (κ2) is 12.1. The molecular weight excluding hydrogens is 481 g/mol. The first-order chi connectivity index (χ1) is 16.5. The van der Waals surface area contributed by atoms with Crippen molar-refractivity contribution in [2.24, 2.45) is 0 Å². The molecule has 0 spiro atoms. The molecule has 3 heterocycles. The quantitative estimate of drug-likeness (QED) is 0.647. The average Bonchev–Trinajstić information content (AvgIpc) is 2.83. The molecule has 0 unspecified atom stereocenters. The van der Waals surface area contributed by atoms with Crippen LogP contribution in [0.25, 0.3) is 0 Å². The lowest BCUT2D eigenvalue weighted by Crippen LogP contribution is -2.61. The summed E-state index contributed by atoms with van der Waals surface area (Å²) in [6.45, 7) is 6.83. The number of carbonyl (C=O) groups is 1. The van der Waals surface area contributed by atoms with E-state index in [9.17, 15) is 13.2 Å². The number of rotatable bonds is 4. The largest absolute Gasteiger partial charge is 0.490 e. The standard InChI is InChI=1S/C23H31ClN4.C2HF3O2/c1-18-16-28(21-10-13-27(14-11-21)23-5-3-4-12-25-23)22(17-26(18)2)15-19-6-8-20(24)9-7-19;3-2(4,5)1(6)7/h3-9,12,18,21-22H,10-11,13-17H2,1-2H3;(H,6,7)/t18-,22-;/m0./s1. The number of alkyl halides is 3. The maximum atomic E-state index is 10.6. The SMILES string of the molecule is C[C@H]1CN(C2CCN(c3ccccn3)CC2)[C@@H](Cc2ccc(Cl)cc2)CN1C.O=C(O)C(F)(F)F. The van der Waals surface area contributed by atoms with Crippen molar-refractivity contribution in [3.63, 3.8) is 0 Å². The predicted octanol–water partition coefficient (Wildman–Crippen LogP) is 4.58. The predicted molar refractivity (Wildman–Crippen MR) is 131 cm³/mol. The maximum absolute atomic E-state index is 10.6. The van der Waals surface area contributed by atoms with E-state index in [0.717, 1.165) is 43.4 Å². The number of likely N-dealkylation sites (N-methyl/N-ethyl adjacent to an activating group) is 1. The monoisotopic (exact) mass is 512 g/mol. The molecule has 10 heteroatoms. The molecule has 0 saturated carbocycles. The van der Waals surface area contributed by atoms with Gasteiger partial charge in [0.25, 0.3) is 0 Å². The number of piperidine rings is 1. The van der Waals surface area contributed by atoms with E-state index in [1.54, 1.807) is 0 Å². The van der Waals surface area contributed by atoms with Crippen LogP contribution in [0.15, 0.2) is 48.7 Å². The fourth-order valence-electron chi connectivity index (χ4n) is 4.70. The number of benzene rings is 1. The summed E-state index contributed by atoms with van der Waals surface area (Å²) in [6, 6.07) is 16.4. The Morgan fingerprint density at radius 3 is 2.29 bits per heavy atom. The highest BCUT2D eigenvalue weighted by Gasteiger charge is 2.38. The van der Waals surface area contributed by atoms with Crippen LogP contribution < -0.4 is 4.90 Å². The van der Waals surface area contributed by atoms with Crippen LogP contribution in [0.1, 0.15) is 25.3 Å². The Hall–Kier alpha value is -2.36. The third-order valence-electron chi connectivity index (χ3n) is 6.73. The molecule has 1 aromatic carbocycles. The van der Waals surface area contributed by atoms with E-state index >= 15 is 0 Å². The first kappa shape index (κ1) is 27.2. The van der Waals surface area contributed by atoms with Gasteiger partial charge in [-0.05, 0) is 63.1 Å². The fraction of sp³-hybridized carbons (Fsp3) is 0.520. The molecule has 2 fully saturated rings. The lowest BCUT2D eigenvalue weighted by molar-refractivity contribution is -0.192. The molecule has 2 aromatic rings. The summed E-state index contributed by atoms with van der Waals surface area (Å²) in [4.78, 5) is 21.2. The van der Waals surface area contributed by atoms with Gasteiger partial charge in [-0.3, -0.25) is 4.90 Å². The lowest BCUT2D eigenvalue weighted by atomic mass is 9.94. The van der Waals surface area contributed by atoms with Gasteiger partial charge in [-0.15, -0.1) is 0 Å². The molecule has 2 atom stereocenters. The number of halogens is 4. The highest BCUT2D eigenvalue weighted by Crippen LogP contribution is 2.27. The molecular formula is C25H32ClF3N4O2. The first-order valence-corrected chi connectivity index (χ1v) is 12.1. The van der Waals surface area contributed by atoms with Crippen LogP contribution in [0.3, 0.4) is 0 Å². The van der Waals surface area contributed by atoms with Crippen molar-refractivity contribution in [1.82, 2.24) is 14.8 Å². The Bertz CT molecular complexity index is 938. The molecule has 192 valence electrons. The molecule has 0 radical (unpaired) electrons. The zero-order valence-electron chi connectivity index (χ0n) is 20.0. The minimum absolute atomic E-state index is 0.564. The summed E-state index contributed by atoms with van der Waals surface area (Å²) in [5, 5.41) is 7.94. The fourth-order valence-corrected chi connectivity index (χ4v) is 4.83. The van der Waals surface area contributed by atoms with Gasteiger partial charge in [0.15, 0.2) is 0 Å². The molecule has 6 nitrogen and oxygen atoms in total. The average molecular weight is 513 g/mol. The number of anilines is 1. The second-order valence-corrected chi connectivity index (χ2v) is 9.62. The third-order valence-corrected chi connectivity index (χ3v) is 6.98. The zero-order valence-corrected chi connectivity index (χ0v) is 20.7. The van der Waals surface area contributed by atoms with Crippen molar-refractivity contribution in [3.05, 3.63) is 59.2 Å². The molecule has 2 aliphatic rings. The summed E-state index contributed by atoms with van der Waals surface area (Å²) >= 11 is 6.08. The summed E-state index contributed by atoms with van der Waals surface area (Å²) in [5.41, 5.74) is 1.38. The van der Waals surface area contributed by atoms with Gasteiger partial charge in [-0.1, -0.05) is 29.8 Å². The summed E-state index contributed by atoms with van der Waals surface area (Å²) in [7, 11) is 2.26. The number of pyridine rings is 1. The molecule has 4 rings (SSSR count). The highest BCUT2D eigenvalue weighted by atomic mass is 35.5. The van der Waals surface area contributed by atoms with Gasteiger partial charge in [-0.2, -0.15) is 13.2 Å². The number of carboxylic acids is 1. The highest BCUT2D eigenvalue weighted by molar-refractivity contribution is 6.30. The number of hydrogen-bond donors (Lipinski definition) is 1. The summed E-state index contributed by atoms with van der Waals surface area (Å²) < 4.78 is 31.7. The smallest absolute Gasteiger partial charge is 0.475 e. The van der Waals surface area contributed by atoms with Crippen LogP contribution in [0.4, 0.5) is 19.0 Å². The maximum Gasteiger partial charge on any atom is 0.490 e. The van der Waals surface area contributed by atoms with Crippen molar-refractivity contribution in [3.8, 4) is 0 Å². The number of aromatic nitrogens is 1. The Kier molecular flexibility index (Phi) is 9.38. The first-order valence-electron chi connectivity index (χ1n) is 11.7. The van der Waals surface area contributed by atoms with Crippen LogP contribution in [0.2, 0.25) is 5.02 Å². The minimum Gasteiger partial charge on any atom is -0.475 e. The van der Waals surface area contributed by atoms with Gasteiger partial charge < -0.3 is 14.9 Å². The van der Waals surface area contributed by atoms with E-state index in [1.807, 2.05) is 24.4 Å². The van der Waals surface area contributed by atoms with E-state index in [2.05, 4.69) is 57.9 Å². The lowest BCUT2D eigenvalue weighted by Gasteiger charge is -2.49. The van der Waals surface area contributed by atoms with Gasteiger partial charge in [0.05, 0.1) is 0 Å². The molecule has 0 aliphatic carbocycles. The van der Waals surface area contributed by atoms with E-state index < -0.39 is 12.1 Å². The second-order valence-electron chi connectivity index (χ2n) is 9.18. The van der Waals surface area contributed by atoms with E-state index in [1.165, 1.54) is 18.4 Å². The molecule has 1 N–H and O–H groups in total. The van der Waals surface area contributed by atoms with Crippen LogP contribution in [0.5, 0.6) is 0 Å². The van der Waals surface area contributed by atoms with Crippen LogP contribution in [0, 0.1) is 0 Å². The molecule has 2 saturated heterocycles. The van der Waals surface area contributed by atoms with E-state index in [-0.39, 0.29) is 0 Å². The Morgan fingerprint density at radius 2 is 1.74 bits per heavy atom. The van der Waals surface area contributed by atoms with Gasteiger partial charge in [-0.25, -0.2) is 9.78 Å². The van der Waals surface area contributed by atoms with Crippen LogP contribution >= 0.6 is 11.6 Å². The van der Waals surface area contributed by atoms with Gasteiger partial charge in [0.1, 0.15) is 5.82 Å². The molecule has 0 bridgehead atoms. The normalized spacial score (nSPS) is 22.4. The zero-order chi connectivity index (χ0) is 25.6. The minimum atomic E-state index is -5.08. The van der Waals surface area contributed by atoms with Gasteiger partial charge >= 0.3 is 12.1 Å². The number of nitrogens with zero attached hydrogens (tertiary/aromatic N) is 4. The Labute approximate surface area is 209 Å². The van der Waals surface area contributed by atoms with Gasteiger partial charge in [0, 0.05) is 55.5 Å².